The van der Waals surface area contributed by atoms with Crippen molar-refractivity contribution >= 4 is 11.6 Å². The number of nitro groups is 1. The fraction of sp³-hybridized carbons (Fsp3) is 0.222. The molecule has 0 unspecified atom stereocenters. The molecule has 140 valence electrons. The second-order valence-corrected chi connectivity index (χ2v) is 5.86. The fourth-order valence-corrected chi connectivity index (χ4v) is 2.69. The van der Waals surface area contributed by atoms with Crippen LogP contribution in [0.15, 0.2) is 48.7 Å². The van der Waals surface area contributed by atoms with E-state index in [1.165, 1.54) is 16.8 Å². The van der Waals surface area contributed by atoms with Crippen molar-refractivity contribution < 1.29 is 14.5 Å². The molecule has 3 rings (SSSR count). The van der Waals surface area contributed by atoms with Gasteiger partial charge in [-0.3, -0.25) is 14.9 Å². The molecule has 0 spiro atoms. The summed E-state index contributed by atoms with van der Waals surface area (Å²) in [5.74, 6) is -0.341. The first-order valence-electron chi connectivity index (χ1n) is 8.25. The zero-order chi connectivity index (χ0) is 19.4. The first-order chi connectivity index (χ1) is 13.0. The van der Waals surface area contributed by atoms with Gasteiger partial charge in [-0.1, -0.05) is 6.07 Å². The third kappa shape index (κ3) is 3.87. The van der Waals surface area contributed by atoms with E-state index in [2.05, 4.69) is 10.4 Å². The summed E-state index contributed by atoms with van der Waals surface area (Å²) in [5.41, 5.74) is 2.05. The Hall–Kier alpha value is -3.46. The SMILES string of the molecule is COCCNC(=O)c1cc(-c2cccn2C)nn1-c1cccc([N+](=O)[O-])c1. The summed E-state index contributed by atoms with van der Waals surface area (Å²) >= 11 is 0. The summed E-state index contributed by atoms with van der Waals surface area (Å²) in [5, 5.41) is 18.4. The molecule has 2 heterocycles. The minimum Gasteiger partial charge on any atom is -0.383 e. The lowest BCUT2D eigenvalue weighted by atomic mass is 10.2. The summed E-state index contributed by atoms with van der Waals surface area (Å²) in [6.45, 7) is 0.719. The number of carbonyl (C=O) groups is 1. The number of ether oxygens (including phenoxy) is 1. The summed E-state index contributed by atoms with van der Waals surface area (Å²) in [4.78, 5) is 23.2. The Bertz CT molecular complexity index is 976. The number of methoxy groups -OCH3 is 1. The minimum atomic E-state index is -0.483. The molecule has 1 N–H and O–H groups in total. The molecule has 0 fully saturated rings. The predicted octanol–water partition coefficient (Wildman–Crippen LogP) is 2.16. The molecule has 3 aromatic rings. The maximum absolute atomic E-state index is 12.6. The number of benzene rings is 1. The van der Waals surface area contributed by atoms with Crippen molar-refractivity contribution in [3.63, 3.8) is 0 Å². The van der Waals surface area contributed by atoms with Gasteiger partial charge in [-0.15, -0.1) is 0 Å². The van der Waals surface area contributed by atoms with Gasteiger partial charge in [0.25, 0.3) is 11.6 Å². The number of aryl methyl sites for hydroxylation is 1. The zero-order valence-corrected chi connectivity index (χ0v) is 15.0. The molecular weight excluding hydrogens is 350 g/mol. The first-order valence-corrected chi connectivity index (χ1v) is 8.25. The van der Waals surface area contributed by atoms with E-state index in [0.29, 0.717) is 24.5 Å². The molecule has 0 atom stereocenters. The van der Waals surface area contributed by atoms with E-state index in [0.717, 1.165) is 5.69 Å². The number of nitrogens with zero attached hydrogens (tertiary/aromatic N) is 4. The Balaban J connectivity index is 2.06. The maximum atomic E-state index is 12.6. The highest BCUT2D eigenvalue weighted by molar-refractivity contribution is 5.94. The number of amides is 1. The lowest BCUT2D eigenvalue weighted by Gasteiger charge is -2.08. The maximum Gasteiger partial charge on any atom is 0.271 e. The molecule has 0 aliphatic carbocycles. The summed E-state index contributed by atoms with van der Waals surface area (Å²) in [6, 6.07) is 11.4. The Morgan fingerprint density at radius 2 is 2.11 bits per heavy atom. The molecule has 0 bridgehead atoms. The normalized spacial score (nSPS) is 10.7. The van der Waals surface area contributed by atoms with Crippen molar-refractivity contribution in [3.8, 4) is 17.1 Å². The Morgan fingerprint density at radius 1 is 1.30 bits per heavy atom. The third-order valence-corrected chi connectivity index (χ3v) is 4.03. The van der Waals surface area contributed by atoms with Crippen LogP contribution in [0.1, 0.15) is 10.5 Å². The van der Waals surface area contributed by atoms with Crippen LogP contribution in [0, 0.1) is 10.1 Å². The molecule has 1 amide bonds. The van der Waals surface area contributed by atoms with Gasteiger partial charge in [-0.2, -0.15) is 5.10 Å². The molecule has 0 saturated carbocycles. The van der Waals surface area contributed by atoms with E-state index in [-0.39, 0.29) is 17.3 Å². The highest BCUT2D eigenvalue weighted by atomic mass is 16.6. The molecule has 0 radical (unpaired) electrons. The Kier molecular flexibility index (Phi) is 5.32. The monoisotopic (exact) mass is 369 g/mol. The number of nitro benzene ring substituents is 1. The summed E-state index contributed by atoms with van der Waals surface area (Å²) < 4.78 is 8.25. The Morgan fingerprint density at radius 3 is 2.78 bits per heavy atom. The number of non-ortho nitro benzene ring substituents is 1. The van der Waals surface area contributed by atoms with Crippen LogP contribution in [-0.2, 0) is 11.8 Å². The molecule has 0 aliphatic heterocycles. The van der Waals surface area contributed by atoms with Crippen LogP contribution in [0.25, 0.3) is 17.1 Å². The molecule has 0 aliphatic rings. The standard InChI is InChI=1S/C18H19N5O4/c1-21-9-4-7-16(21)15-12-17(18(24)19-8-10-27-2)22(20-15)13-5-3-6-14(11-13)23(25)26/h3-7,9,11-12H,8,10H2,1-2H3,(H,19,24). The number of carbonyl (C=O) groups excluding carboxylic acids is 1. The van der Waals surface area contributed by atoms with Gasteiger partial charge >= 0.3 is 0 Å². The zero-order valence-electron chi connectivity index (χ0n) is 15.0. The van der Waals surface area contributed by atoms with Gasteiger partial charge in [0, 0.05) is 39.0 Å². The number of hydrogen-bond acceptors (Lipinski definition) is 5. The van der Waals surface area contributed by atoms with E-state index in [9.17, 15) is 14.9 Å². The lowest BCUT2D eigenvalue weighted by Crippen LogP contribution is -2.28. The molecular formula is C18H19N5O4. The van der Waals surface area contributed by atoms with Crippen molar-refractivity contribution in [2.24, 2.45) is 7.05 Å². The van der Waals surface area contributed by atoms with Crippen molar-refractivity contribution in [2.45, 2.75) is 0 Å². The number of hydrogen-bond donors (Lipinski definition) is 1. The van der Waals surface area contributed by atoms with Gasteiger partial charge in [-0.05, 0) is 24.3 Å². The molecule has 2 aromatic heterocycles. The molecule has 0 saturated heterocycles. The lowest BCUT2D eigenvalue weighted by molar-refractivity contribution is -0.384. The van der Waals surface area contributed by atoms with Gasteiger partial charge in [0.2, 0.25) is 0 Å². The number of rotatable bonds is 7. The molecule has 27 heavy (non-hydrogen) atoms. The van der Waals surface area contributed by atoms with Crippen LogP contribution in [0.5, 0.6) is 0 Å². The van der Waals surface area contributed by atoms with Crippen LogP contribution < -0.4 is 5.32 Å². The van der Waals surface area contributed by atoms with Gasteiger partial charge < -0.3 is 14.6 Å². The van der Waals surface area contributed by atoms with Gasteiger partial charge in [-0.25, -0.2) is 4.68 Å². The van der Waals surface area contributed by atoms with E-state index >= 15 is 0 Å². The van der Waals surface area contributed by atoms with Gasteiger partial charge in [0.1, 0.15) is 11.4 Å². The van der Waals surface area contributed by atoms with E-state index in [1.807, 2.05) is 29.9 Å². The van der Waals surface area contributed by atoms with Crippen molar-refractivity contribution in [1.29, 1.82) is 0 Å². The van der Waals surface area contributed by atoms with Crippen molar-refractivity contribution in [2.75, 3.05) is 20.3 Å². The second kappa shape index (κ2) is 7.83. The predicted molar refractivity (Wildman–Crippen MR) is 98.8 cm³/mol. The summed E-state index contributed by atoms with van der Waals surface area (Å²) in [6.07, 6.45) is 1.88. The molecule has 9 heteroatoms. The highest BCUT2D eigenvalue weighted by Crippen LogP contribution is 2.23. The topological polar surface area (TPSA) is 104 Å². The average Bonchev–Trinajstić information content (AvgIpc) is 3.28. The number of nitrogens with one attached hydrogen (secondary N) is 1. The van der Waals surface area contributed by atoms with Crippen LogP contribution in [-0.4, -0.2) is 45.4 Å². The second-order valence-electron chi connectivity index (χ2n) is 5.86. The van der Waals surface area contributed by atoms with E-state index in [4.69, 9.17) is 4.74 Å². The van der Waals surface area contributed by atoms with Crippen molar-refractivity contribution in [3.05, 3.63) is 64.5 Å². The van der Waals surface area contributed by atoms with E-state index in [1.54, 1.807) is 25.3 Å². The van der Waals surface area contributed by atoms with Crippen LogP contribution >= 0.6 is 0 Å². The largest absolute Gasteiger partial charge is 0.383 e. The minimum absolute atomic E-state index is 0.0749. The van der Waals surface area contributed by atoms with Crippen LogP contribution in [0.3, 0.4) is 0 Å². The van der Waals surface area contributed by atoms with Crippen molar-refractivity contribution in [1.82, 2.24) is 19.7 Å². The van der Waals surface area contributed by atoms with Gasteiger partial charge in [0.15, 0.2) is 0 Å². The molecule has 1 aromatic carbocycles. The fourth-order valence-electron chi connectivity index (χ4n) is 2.69. The van der Waals surface area contributed by atoms with Gasteiger partial charge in [0.05, 0.1) is 22.9 Å². The van der Waals surface area contributed by atoms with E-state index < -0.39 is 4.92 Å². The number of aromatic nitrogens is 3. The quantitative estimate of drug-likeness (QED) is 0.390. The smallest absolute Gasteiger partial charge is 0.271 e. The first kappa shape index (κ1) is 18.3. The highest BCUT2D eigenvalue weighted by Gasteiger charge is 2.19. The third-order valence-electron chi connectivity index (χ3n) is 4.03. The Labute approximate surface area is 155 Å². The van der Waals surface area contributed by atoms with Crippen LogP contribution in [0.4, 0.5) is 5.69 Å². The molecule has 9 nitrogen and oxygen atoms in total. The average molecular weight is 369 g/mol. The van der Waals surface area contributed by atoms with Crippen LogP contribution in [0.2, 0.25) is 0 Å². The summed E-state index contributed by atoms with van der Waals surface area (Å²) in [7, 11) is 3.42.